The molecule has 0 aromatic carbocycles. The Labute approximate surface area is 119 Å². The summed E-state index contributed by atoms with van der Waals surface area (Å²) in [5.74, 6) is 0. The third kappa shape index (κ3) is 2.51. The summed E-state index contributed by atoms with van der Waals surface area (Å²) in [7, 11) is 0. The molecule has 0 unspecified atom stereocenters. The van der Waals surface area contributed by atoms with Crippen LogP contribution in [0.15, 0.2) is 0 Å². The second-order valence-electron chi connectivity index (χ2n) is 2.57. The van der Waals surface area contributed by atoms with Crippen molar-refractivity contribution in [2.45, 2.75) is 13.8 Å². The average molecular weight is 560 g/mol. The topological polar surface area (TPSA) is 25.8 Å². The minimum absolute atomic E-state index is 0.350. The molecule has 0 aliphatic carbocycles. The first-order valence-corrected chi connectivity index (χ1v) is 11.6. The predicted molar refractivity (Wildman–Crippen MR) is 33.6 cm³/mol. The third-order valence-electron chi connectivity index (χ3n) is 1.74. The van der Waals surface area contributed by atoms with Crippen molar-refractivity contribution in [1.29, 1.82) is 0 Å². The fourth-order valence-electron chi connectivity index (χ4n) is 0.940. The first-order valence-electron chi connectivity index (χ1n) is 3.39. The summed E-state index contributed by atoms with van der Waals surface area (Å²) in [6.45, 7) is 4.21. The molecule has 0 saturated carbocycles. The van der Waals surface area contributed by atoms with E-state index in [0.717, 1.165) is 0.865 Å². The summed E-state index contributed by atoms with van der Waals surface area (Å²) >= 11 is 0.764. The van der Waals surface area contributed by atoms with Crippen LogP contribution in [0, 0.1) is 99.4 Å². The SMILES string of the molecule is Cc1n[c]([RaH])n[c]([RaH])c1C. The van der Waals surface area contributed by atoms with Crippen LogP contribution in [0.4, 0.5) is 0 Å². The second-order valence-corrected chi connectivity index (χ2v) is 10.1. The Hall–Kier alpha value is 2.02. The monoisotopic (exact) mass is 560 g/mol. The van der Waals surface area contributed by atoms with Gasteiger partial charge in [-0.05, 0) is 0 Å². The van der Waals surface area contributed by atoms with E-state index in [1.165, 1.54) is 12.0 Å². The van der Waals surface area contributed by atoms with Gasteiger partial charge in [0.05, 0.1) is 0 Å². The van der Waals surface area contributed by atoms with E-state index in [1.54, 1.807) is 0 Å². The summed E-state index contributed by atoms with van der Waals surface area (Å²) in [5, 5.41) is 0. The Morgan fingerprint density at radius 2 is 1.70 bits per heavy atom. The van der Waals surface area contributed by atoms with Gasteiger partial charge in [0.25, 0.3) is 0 Å². The summed E-state index contributed by atoms with van der Waals surface area (Å²) < 4.78 is 2.52. The fourth-order valence-corrected chi connectivity index (χ4v) is 14.1. The van der Waals surface area contributed by atoms with Gasteiger partial charge in [-0.2, -0.15) is 0 Å². The molecule has 0 N–H and O–H groups in total. The quantitative estimate of drug-likeness (QED) is 0.404. The molecule has 0 aliphatic rings. The van der Waals surface area contributed by atoms with Gasteiger partial charge in [-0.25, -0.2) is 0 Å². The van der Waals surface area contributed by atoms with Crippen LogP contribution in [0.5, 0.6) is 0 Å². The van der Waals surface area contributed by atoms with Gasteiger partial charge in [-0.3, -0.25) is 0 Å². The molecular formula is C6H8N2Ra2. The van der Waals surface area contributed by atoms with Crippen LogP contribution in [0.3, 0.4) is 0 Å². The van der Waals surface area contributed by atoms with Gasteiger partial charge in [-0.15, -0.1) is 0 Å². The number of rotatable bonds is 0. The van der Waals surface area contributed by atoms with E-state index < -0.39 is 0 Å². The summed E-state index contributed by atoms with van der Waals surface area (Å²) in [6.07, 6.45) is 0. The van der Waals surface area contributed by atoms with Crippen LogP contribution in [0.25, 0.3) is 0 Å². The van der Waals surface area contributed by atoms with Crippen LogP contribution in [-0.2, 0) is 0 Å². The number of aromatic nitrogens is 2. The molecule has 2 nitrogen and oxygen atoms in total. The fraction of sp³-hybridized carbons (Fsp3) is 0.333. The van der Waals surface area contributed by atoms with Crippen molar-refractivity contribution in [3.8, 4) is 0 Å². The van der Waals surface area contributed by atoms with Crippen LogP contribution < -0.4 is 1.60 Å². The summed E-state index contributed by atoms with van der Waals surface area (Å²) in [6, 6.07) is 0. The molecule has 1 rings (SSSR count). The molecule has 0 fully saturated rings. The molecule has 1 aromatic rings. The standard InChI is InChI=1S/C6H6N2.2Ra.2H/c1-5-3-7-4-8-6(5)2;;;;/h1-2H3;;;;. The van der Waals surface area contributed by atoms with Gasteiger partial charge in [0.15, 0.2) is 0 Å². The van der Waals surface area contributed by atoms with E-state index in [9.17, 15) is 0 Å². The zero-order valence-corrected chi connectivity index (χ0v) is 23.3. The van der Waals surface area contributed by atoms with Crippen LogP contribution >= 0.6 is 0 Å². The molecule has 0 atom stereocenters. The molecule has 1 aromatic heterocycles. The van der Waals surface area contributed by atoms with E-state index >= 15 is 0 Å². The van der Waals surface area contributed by atoms with E-state index in [-0.39, 0.29) is 0 Å². The van der Waals surface area contributed by atoms with Crippen molar-refractivity contribution in [2.24, 2.45) is 0 Å². The van der Waals surface area contributed by atoms with E-state index in [4.69, 9.17) is 0 Å². The Balaban J connectivity index is 3.31. The number of hydrogen-bond donors (Lipinski definition) is 0. The Bertz CT molecular complexity index is 237. The van der Waals surface area contributed by atoms with Crippen molar-refractivity contribution in [3.63, 3.8) is 0 Å². The average Bonchev–Trinajstić information content (AvgIpc) is 1.82. The Kier molecular flexibility index (Phi) is 4.35. The number of aryl methyl sites for hydroxylation is 1. The maximum absolute atomic E-state index is 4.43. The maximum atomic E-state index is 4.43. The van der Waals surface area contributed by atoms with Gasteiger partial charge in [0.2, 0.25) is 0 Å². The second kappa shape index (κ2) is 4.31. The zero-order chi connectivity index (χ0) is 7.72. The summed E-state index contributed by atoms with van der Waals surface area (Å²) in [5.41, 5.74) is 2.54. The van der Waals surface area contributed by atoms with Crippen LogP contribution in [0.2, 0.25) is 0 Å². The normalized spacial score (nSPS) is 9.60. The summed E-state index contributed by atoms with van der Waals surface area (Å²) in [4.78, 5) is 8.79. The van der Waals surface area contributed by atoms with E-state index in [0.29, 0.717) is 85.6 Å². The van der Waals surface area contributed by atoms with Gasteiger partial charge in [0, 0.05) is 0 Å². The van der Waals surface area contributed by atoms with Crippen molar-refractivity contribution >= 4 is 1.60 Å². The van der Waals surface area contributed by atoms with Gasteiger partial charge >= 0.3 is 122 Å². The van der Waals surface area contributed by atoms with Gasteiger partial charge in [-0.1, -0.05) is 0 Å². The van der Waals surface area contributed by atoms with Gasteiger partial charge in [0.1, 0.15) is 0 Å². The minimum atomic E-state index is 0.350. The molecule has 0 amide bonds. The molecule has 1 heterocycles. The molecule has 10 heavy (non-hydrogen) atoms. The van der Waals surface area contributed by atoms with E-state index in [2.05, 4.69) is 23.8 Å². The first kappa shape index (κ1) is 10.1. The molecule has 0 radical (unpaired) electrons. The van der Waals surface area contributed by atoms with Crippen molar-refractivity contribution in [2.75, 3.05) is 0 Å². The molecule has 0 spiro atoms. The molecule has 0 bridgehead atoms. The number of hydrogen-bond acceptors (Lipinski definition) is 2. The van der Waals surface area contributed by atoms with Gasteiger partial charge < -0.3 is 0 Å². The predicted octanol–water partition coefficient (Wildman–Crippen LogP) is -1.09. The first-order chi connectivity index (χ1) is 4.61. The third-order valence-corrected chi connectivity index (χ3v) is 7.58. The Morgan fingerprint density at radius 1 is 1.10 bits per heavy atom. The van der Waals surface area contributed by atoms with E-state index in [1.807, 2.05) is 0 Å². The zero-order valence-electron chi connectivity index (χ0n) is 6.89. The number of nitrogens with zero attached hydrogens (tertiary/aromatic N) is 2. The molecule has 0 aliphatic heterocycles. The van der Waals surface area contributed by atoms with Crippen LogP contribution in [-0.4, -0.2) is 9.97 Å². The molecule has 46 valence electrons. The van der Waals surface area contributed by atoms with Crippen molar-refractivity contribution in [1.82, 2.24) is 9.97 Å². The van der Waals surface area contributed by atoms with Crippen LogP contribution in [0.1, 0.15) is 11.3 Å². The molecule has 4 heteroatoms. The van der Waals surface area contributed by atoms with Crippen molar-refractivity contribution in [3.05, 3.63) is 11.3 Å². The molecular weight excluding hydrogens is 552 g/mol. The Morgan fingerprint density at radius 3 is 2.20 bits per heavy atom. The molecule has 0 saturated heterocycles. The van der Waals surface area contributed by atoms with Crippen molar-refractivity contribution < 1.29 is 85.6 Å².